The van der Waals surface area contributed by atoms with E-state index >= 15 is 0 Å². The third kappa shape index (κ3) is 9.86. The highest BCUT2D eigenvalue weighted by Gasteiger charge is 2.28. The van der Waals surface area contributed by atoms with E-state index in [0.29, 0.717) is 22.7 Å². The molecule has 12 heteroatoms. The van der Waals surface area contributed by atoms with Gasteiger partial charge in [-0.1, -0.05) is 72.8 Å². The van der Waals surface area contributed by atoms with Gasteiger partial charge in [0.1, 0.15) is 11.8 Å². The van der Waals surface area contributed by atoms with Gasteiger partial charge in [0, 0.05) is 24.2 Å². The highest BCUT2D eigenvalue weighted by atomic mass is 35.5. The van der Waals surface area contributed by atoms with E-state index in [1.54, 1.807) is 66.7 Å². The lowest BCUT2D eigenvalue weighted by Gasteiger charge is -2.37. The Hall–Kier alpha value is -4.28. The molecule has 4 rings (SSSR count). The van der Waals surface area contributed by atoms with Crippen LogP contribution in [0.2, 0.25) is 10.0 Å². The number of anilines is 2. The molecule has 0 bridgehead atoms. The van der Waals surface area contributed by atoms with Crippen molar-refractivity contribution < 1.29 is 28.7 Å². The molecule has 0 aromatic heterocycles. The number of hydrogen-bond donors (Lipinski definition) is 3. The molecule has 0 unspecified atom stereocenters. The molecule has 0 spiro atoms. The lowest BCUT2D eigenvalue weighted by atomic mass is 9.93. The summed E-state index contributed by atoms with van der Waals surface area (Å²) in [5, 5.41) is 8.59. The van der Waals surface area contributed by atoms with Gasteiger partial charge in [0.15, 0.2) is 6.61 Å². The van der Waals surface area contributed by atoms with Gasteiger partial charge in [-0.15, -0.1) is 0 Å². The predicted molar refractivity (Wildman–Crippen MR) is 183 cm³/mol. The first-order chi connectivity index (χ1) is 22.6. The molecule has 250 valence electrons. The fourth-order valence-electron chi connectivity index (χ4n) is 5.70. The van der Waals surface area contributed by atoms with E-state index in [9.17, 15) is 19.2 Å². The van der Waals surface area contributed by atoms with Crippen molar-refractivity contribution in [3.8, 4) is 5.75 Å². The number of hydrogen-bond acceptors (Lipinski definition) is 6. The number of carbonyl (C=O) groups is 4. The van der Waals surface area contributed by atoms with Crippen LogP contribution in [0.25, 0.3) is 0 Å². The number of carbonyl (C=O) groups excluding carboxylic acids is 4. The molecule has 1 fully saturated rings. The van der Waals surface area contributed by atoms with Crippen LogP contribution in [0.1, 0.15) is 61.9 Å². The smallest absolute Gasteiger partial charge is 0.328 e. The number of methoxy groups -OCH3 is 1. The molecule has 47 heavy (non-hydrogen) atoms. The Morgan fingerprint density at radius 1 is 0.872 bits per heavy atom. The van der Waals surface area contributed by atoms with Crippen molar-refractivity contribution in [1.82, 2.24) is 10.2 Å². The summed E-state index contributed by atoms with van der Waals surface area (Å²) in [5.74, 6) is -0.879. The van der Waals surface area contributed by atoms with Crippen LogP contribution >= 0.6 is 23.2 Å². The molecule has 3 N–H and O–H groups in total. The molecule has 1 aliphatic carbocycles. The maximum absolute atomic E-state index is 13.2. The number of amides is 4. The maximum atomic E-state index is 13.2. The Bertz CT molecular complexity index is 1540. The topological polar surface area (TPSA) is 126 Å². The van der Waals surface area contributed by atoms with Crippen molar-refractivity contribution in [1.29, 1.82) is 0 Å². The lowest BCUT2D eigenvalue weighted by Crippen LogP contribution is -2.47. The van der Waals surface area contributed by atoms with Crippen LogP contribution in [-0.2, 0) is 20.7 Å². The molecular formula is C35H40Cl2N4O6. The second kappa shape index (κ2) is 17.0. The molecule has 0 aliphatic heterocycles. The van der Waals surface area contributed by atoms with Crippen molar-refractivity contribution in [3.05, 3.63) is 87.9 Å². The highest BCUT2D eigenvalue weighted by molar-refractivity contribution is 6.40. The highest BCUT2D eigenvalue weighted by Crippen LogP contribution is 2.28. The van der Waals surface area contributed by atoms with E-state index in [1.807, 2.05) is 18.7 Å². The standard InChI is InChI=1S/C35H40Cl2N4O6/c1-22(2)41(25-10-5-4-6-11-25)31(42)21-47-30-15-8-7-14-28(30)39-35(45)40-29(34(44)46-3)20-23-16-18-24(19-17-23)38-33(43)32-26(36)12-9-13-27(32)37/h7-9,12-19,22,25,29H,4-6,10-11,20-21H2,1-3H3,(H,38,43)(H2,39,40,45)/t29-/m0/s1. The SMILES string of the molecule is COC(=O)[C@H](Cc1ccc(NC(=O)c2c(Cl)cccc2Cl)cc1)NC(=O)Nc1ccccc1OCC(=O)N(C(C)C)C1CCCCC1. The van der Waals surface area contributed by atoms with Crippen LogP contribution in [0.5, 0.6) is 5.75 Å². The zero-order chi connectivity index (χ0) is 33.9. The monoisotopic (exact) mass is 682 g/mol. The zero-order valence-corrected chi connectivity index (χ0v) is 28.2. The van der Waals surface area contributed by atoms with Crippen molar-refractivity contribution in [2.45, 2.75) is 70.5 Å². The Balaban J connectivity index is 1.36. The van der Waals surface area contributed by atoms with E-state index in [4.69, 9.17) is 32.7 Å². The summed E-state index contributed by atoms with van der Waals surface area (Å²) in [6, 6.07) is 16.9. The summed E-state index contributed by atoms with van der Waals surface area (Å²) in [6.07, 6.45) is 5.51. The minimum Gasteiger partial charge on any atom is -0.482 e. The van der Waals surface area contributed by atoms with Crippen molar-refractivity contribution >= 4 is 58.4 Å². The predicted octanol–water partition coefficient (Wildman–Crippen LogP) is 7.10. The summed E-state index contributed by atoms with van der Waals surface area (Å²) >= 11 is 12.3. The fraction of sp³-hybridized carbons (Fsp3) is 0.371. The van der Waals surface area contributed by atoms with Crippen LogP contribution in [-0.4, -0.2) is 60.6 Å². The summed E-state index contributed by atoms with van der Waals surface area (Å²) in [5.41, 5.74) is 1.69. The average molecular weight is 684 g/mol. The molecule has 4 amide bonds. The quantitative estimate of drug-likeness (QED) is 0.175. The largest absolute Gasteiger partial charge is 0.482 e. The first-order valence-electron chi connectivity index (χ1n) is 15.6. The van der Waals surface area contributed by atoms with Gasteiger partial charge in [0.05, 0.1) is 28.4 Å². The van der Waals surface area contributed by atoms with E-state index in [1.165, 1.54) is 13.5 Å². The first kappa shape index (κ1) is 35.6. The van der Waals surface area contributed by atoms with Gasteiger partial charge in [-0.25, -0.2) is 9.59 Å². The Morgan fingerprint density at radius 3 is 2.17 bits per heavy atom. The molecule has 10 nitrogen and oxygen atoms in total. The van der Waals surface area contributed by atoms with Gasteiger partial charge in [0.25, 0.3) is 11.8 Å². The summed E-state index contributed by atoms with van der Waals surface area (Å²) in [7, 11) is 1.24. The first-order valence-corrected chi connectivity index (χ1v) is 16.4. The molecular weight excluding hydrogens is 643 g/mol. The van der Waals surface area contributed by atoms with E-state index in [0.717, 1.165) is 25.7 Å². The lowest BCUT2D eigenvalue weighted by molar-refractivity contribution is -0.142. The van der Waals surface area contributed by atoms with E-state index < -0.39 is 23.9 Å². The van der Waals surface area contributed by atoms with Crippen LogP contribution < -0.4 is 20.7 Å². The van der Waals surface area contributed by atoms with Gasteiger partial charge < -0.3 is 30.3 Å². The number of para-hydroxylation sites is 2. The average Bonchev–Trinajstić information content (AvgIpc) is 3.05. The van der Waals surface area contributed by atoms with Gasteiger partial charge in [0.2, 0.25) is 0 Å². The number of esters is 1. The summed E-state index contributed by atoms with van der Waals surface area (Å²) in [4.78, 5) is 53.5. The minimum atomic E-state index is -1.02. The number of nitrogens with one attached hydrogen (secondary N) is 3. The van der Waals surface area contributed by atoms with Crippen LogP contribution in [0.3, 0.4) is 0 Å². The van der Waals surface area contributed by atoms with Crippen LogP contribution in [0.4, 0.5) is 16.2 Å². The molecule has 3 aromatic rings. The van der Waals surface area contributed by atoms with Gasteiger partial charge >= 0.3 is 12.0 Å². The fourth-order valence-corrected chi connectivity index (χ4v) is 6.27. The Kier molecular flexibility index (Phi) is 12.9. The maximum Gasteiger partial charge on any atom is 0.328 e. The molecule has 1 atom stereocenters. The molecule has 0 heterocycles. The van der Waals surface area contributed by atoms with E-state index in [-0.39, 0.29) is 46.6 Å². The van der Waals surface area contributed by atoms with Crippen LogP contribution in [0, 0.1) is 0 Å². The van der Waals surface area contributed by atoms with Crippen LogP contribution in [0.15, 0.2) is 66.7 Å². The number of halogens is 2. The van der Waals surface area contributed by atoms with Gasteiger partial charge in [-0.2, -0.15) is 0 Å². The number of nitrogens with zero attached hydrogens (tertiary/aromatic N) is 1. The third-order valence-corrected chi connectivity index (χ3v) is 8.56. The summed E-state index contributed by atoms with van der Waals surface area (Å²) in [6.45, 7) is 3.85. The number of benzene rings is 3. The van der Waals surface area contributed by atoms with Crippen molar-refractivity contribution in [3.63, 3.8) is 0 Å². The van der Waals surface area contributed by atoms with Gasteiger partial charge in [-0.3, -0.25) is 9.59 Å². The van der Waals surface area contributed by atoms with Gasteiger partial charge in [-0.05, 0) is 68.7 Å². The molecule has 1 aliphatic rings. The normalized spacial score (nSPS) is 13.7. The van der Waals surface area contributed by atoms with Crippen molar-refractivity contribution in [2.24, 2.45) is 0 Å². The Morgan fingerprint density at radius 2 is 1.53 bits per heavy atom. The molecule has 0 radical (unpaired) electrons. The second-order valence-corrected chi connectivity index (χ2v) is 12.4. The number of ether oxygens (including phenoxy) is 2. The molecule has 1 saturated carbocycles. The third-order valence-electron chi connectivity index (χ3n) is 7.93. The van der Waals surface area contributed by atoms with Crippen molar-refractivity contribution in [2.75, 3.05) is 24.4 Å². The molecule has 0 saturated heterocycles. The minimum absolute atomic E-state index is 0.0473. The number of urea groups is 1. The summed E-state index contributed by atoms with van der Waals surface area (Å²) < 4.78 is 10.8. The number of rotatable bonds is 12. The Labute approximate surface area is 285 Å². The zero-order valence-electron chi connectivity index (χ0n) is 26.7. The van der Waals surface area contributed by atoms with E-state index in [2.05, 4.69) is 16.0 Å². The second-order valence-electron chi connectivity index (χ2n) is 11.6. The molecule has 3 aromatic carbocycles.